The Balaban J connectivity index is 1.76. The van der Waals surface area contributed by atoms with E-state index in [-0.39, 0.29) is 18.8 Å². The Morgan fingerprint density at radius 1 is 1.26 bits per heavy atom. The zero-order valence-corrected chi connectivity index (χ0v) is 13.9. The van der Waals surface area contributed by atoms with Gasteiger partial charge in [0.25, 0.3) is 0 Å². The molecule has 2 aromatic rings. The molecule has 0 radical (unpaired) electrons. The second-order valence-corrected chi connectivity index (χ2v) is 6.81. The summed E-state index contributed by atoms with van der Waals surface area (Å²) in [4.78, 5) is 13.0. The summed E-state index contributed by atoms with van der Waals surface area (Å²) in [6, 6.07) is 0. The Hall–Kier alpha value is -1.26. The normalized spacial score (nSPS) is 32.5. The molecule has 0 spiro atoms. The van der Waals surface area contributed by atoms with Crippen LogP contribution in [0.15, 0.2) is 17.7 Å². The van der Waals surface area contributed by atoms with E-state index in [4.69, 9.17) is 14.2 Å². The average Bonchev–Trinajstić information content (AvgIpc) is 3.17. The molecule has 2 fully saturated rings. The molecule has 2 aromatic heterocycles. The van der Waals surface area contributed by atoms with Gasteiger partial charge in [0.05, 0.1) is 12.9 Å². The summed E-state index contributed by atoms with van der Waals surface area (Å²) >= 11 is 1.51. The number of aliphatic hydroxyl groups is 1. The van der Waals surface area contributed by atoms with E-state index in [1.54, 1.807) is 6.33 Å². The van der Waals surface area contributed by atoms with E-state index in [1.807, 2.05) is 24.7 Å². The highest BCUT2D eigenvalue weighted by molar-refractivity contribution is 7.98. The van der Waals surface area contributed by atoms with Crippen LogP contribution >= 0.6 is 11.8 Å². The number of rotatable bonds is 3. The fraction of sp³-hybridized carbons (Fsp3) is 0.643. The lowest BCUT2D eigenvalue weighted by Crippen LogP contribution is -2.31. The fourth-order valence-electron chi connectivity index (χ4n) is 3.20. The summed E-state index contributed by atoms with van der Waals surface area (Å²) in [7, 11) is 0. The molecule has 9 heteroatoms. The molecule has 4 rings (SSSR count). The third-order valence-electron chi connectivity index (χ3n) is 4.10. The average molecular weight is 338 g/mol. The molecular formula is C14H18N4O4S. The number of hydrogen-bond donors (Lipinski definition) is 1. The van der Waals surface area contributed by atoms with Gasteiger partial charge in [-0.2, -0.15) is 0 Å². The molecule has 0 aliphatic carbocycles. The van der Waals surface area contributed by atoms with Crippen molar-refractivity contribution in [1.29, 1.82) is 0 Å². The molecule has 2 aliphatic heterocycles. The number of aliphatic hydroxyl groups excluding tert-OH is 1. The predicted octanol–water partition coefficient (Wildman–Crippen LogP) is 0.958. The highest BCUT2D eigenvalue weighted by atomic mass is 32.2. The maximum atomic E-state index is 9.58. The van der Waals surface area contributed by atoms with E-state index in [0.717, 1.165) is 10.5 Å². The van der Waals surface area contributed by atoms with Gasteiger partial charge in [-0.05, 0) is 20.1 Å². The predicted molar refractivity (Wildman–Crippen MR) is 81.9 cm³/mol. The van der Waals surface area contributed by atoms with Crippen LogP contribution in [0.3, 0.4) is 0 Å². The zero-order valence-electron chi connectivity index (χ0n) is 13.0. The maximum absolute atomic E-state index is 9.58. The summed E-state index contributed by atoms with van der Waals surface area (Å²) in [5.41, 5.74) is 1.41. The van der Waals surface area contributed by atoms with Gasteiger partial charge < -0.3 is 19.3 Å². The Morgan fingerprint density at radius 2 is 2.04 bits per heavy atom. The summed E-state index contributed by atoms with van der Waals surface area (Å²) in [5.74, 6) is -0.708. The van der Waals surface area contributed by atoms with Crippen molar-refractivity contribution in [2.75, 3.05) is 12.9 Å². The largest absolute Gasteiger partial charge is 0.394 e. The van der Waals surface area contributed by atoms with Crippen molar-refractivity contribution in [3.8, 4) is 0 Å². The van der Waals surface area contributed by atoms with Crippen molar-refractivity contribution < 1.29 is 19.3 Å². The number of ether oxygens (including phenoxy) is 3. The number of nitrogens with zero attached hydrogens (tertiary/aromatic N) is 4. The molecule has 1 N–H and O–H groups in total. The van der Waals surface area contributed by atoms with Crippen LogP contribution in [0, 0.1) is 0 Å². The van der Waals surface area contributed by atoms with Gasteiger partial charge in [-0.25, -0.2) is 15.0 Å². The second kappa shape index (κ2) is 5.38. The van der Waals surface area contributed by atoms with Gasteiger partial charge >= 0.3 is 0 Å². The third-order valence-corrected chi connectivity index (χ3v) is 4.78. The van der Waals surface area contributed by atoms with E-state index < -0.39 is 18.1 Å². The third kappa shape index (κ3) is 2.34. The minimum Gasteiger partial charge on any atom is -0.394 e. The molecule has 2 unspecified atom stereocenters. The monoisotopic (exact) mass is 338 g/mol. The Bertz CT molecular complexity index is 737. The molecule has 0 aromatic carbocycles. The van der Waals surface area contributed by atoms with E-state index in [2.05, 4.69) is 15.0 Å². The Morgan fingerprint density at radius 3 is 2.78 bits per heavy atom. The number of imidazole rings is 1. The highest BCUT2D eigenvalue weighted by Gasteiger charge is 2.55. The number of fused-ring (bicyclic) bond motifs is 2. The van der Waals surface area contributed by atoms with Crippen molar-refractivity contribution >= 4 is 22.9 Å². The molecule has 2 aliphatic rings. The van der Waals surface area contributed by atoms with Crippen molar-refractivity contribution in [2.45, 2.75) is 49.2 Å². The Labute approximate surface area is 137 Å². The lowest BCUT2D eigenvalue weighted by atomic mass is 10.1. The van der Waals surface area contributed by atoms with Crippen LogP contribution in [-0.4, -0.2) is 61.6 Å². The molecule has 4 atom stereocenters. The summed E-state index contributed by atoms with van der Waals surface area (Å²) < 4.78 is 19.7. The van der Waals surface area contributed by atoms with Gasteiger partial charge in [-0.15, -0.1) is 11.8 Å². The summed E-state index contributed by atoms with van der Waals surface area (Å²) in [5, 5.41) is 10.4. The quantitative estimate of drug-likeness (QED) is 0.653. The molecule has 23 heavy (non-hydrogen) atoms. The summed E-state index contributed by atoms with van der Waals surface area (Å²) in [6.45, 7) is 3.59. The van der Waals surface area contributed by atoms with E-state index >= 15 is 0 Å². The highest BCUT2D eigenvalue weighted by Crippen LogP contribution is 2.43. The maximum Gasteiger partial charge on any atom is 0.166 e. The molecule has 0 amide bonds. The van der Waals surface area contributed by atoms with Gasteiger partial charge in [0.1, 0.15) is 35.2 Å². The lowest BCUT2D eigenvalue weighted by Gasteiger charge is -2.24. The van der Waals surface area contributed by atoms with Crippen LogP contribution in [0.2, 0.25) is 0 Å². The first-order chi connectivity index (χ1) is 11.0. The van der Waals surface area contributed by atoms with Gasteiger partial charge in [0.15, 0.2) is 17.7 Å². The standard InChI is InChI=1S/C14H18N4O4S/c1-14(2)21-9-7(4-19)20-13(10(9)22-14)18-6-17-8-11(18)15-5-16-12(8)23-3/h5-7,9-10,13,19H,4H2,1-3H3/t7-,9?,10?,13-/m1/s1. The Kier molecular flexibility index (Phi) is 3.58. The molecule has 4 heterocycles. The van der Waals surface area contributed by atoms with E-state index in [1.165, 1.54) is 18.1 Å². The second-order valence-electron chi connectivity index (χ2n) is 6.02. The van der Waals surface area contributed by atoms with Gasteiger partial charge in [-0.1, -0.05) is 0 Å². The van der Waals surface area contributed by atoms with Crippen molar-refractivity contribution in [2.24, 2.45) is 0 Å². The molecule has 8 nitrogen and oxygen atoms in total. The van der Waals surface area contributed by atoms with Crippen LogP contribution < -0.4 is 0 Å². The van der Waals surface area contributed by atoms with Gasteiger partial charge in [0.2, 0.25) is 0 Å². The minimum absolute atomic E-state index is 0.130. The number of hydrogen-bond acceptors (Lipinski definition) is 8. The molecule has 0 saturated carbocycles. The van der Waals surface area contributed by atoms with Gasteiger partial charge in [0, 0.05) is 0 Å². The molecular weight excluding hydrogens is 320 g/mol. The fourth-order valence-corrected chi connectivity index (χ4v) is 3.69. The smallest absolute Gasteiger partial charge is 0.166 e. The van der Waals surface area contributed by atoms with E-state index in [9.17, 15) is 5.11 Å². The van der Waals surface area contributed by atoms with Crippen LogP contribution in [0.1, 0.15) is 20.1 Å². The number of thioether (sulfide) groups is 1. The zero-order chi connectivity index (χ0) is 16.2. The summed E-state index contributed by atoms with van der Waals surface area (Å²) in [6.07, 6.45) is 3.60. The molecule has 2 saturated heterocycles. The molecule has 0 bridgehead atoms. The van der Waals surface area contributed by atoms with Crippen LogP contribution in [0.4, 0.5) is 0 Å². The van der Waals surface area contributed by atoms with Gasteiger partial charge in [-0.3, -0.25) is 4.57 Å². The van der Waals surface area contributed by atoms with Crippen LogP contribution in [0.5, 0.6) is 0 Å². The first kappa shape index (κ1) is 15.3. The topological polar surface area (TPSA) is 91.5 Å². The SMILES string of the molecule is CSc1ncnc2c1ncn2[C@@H]1O[C@H](CO)C2OC(C)(C)OC21. The number of aromatic nitrogens is 4. The lowest BCUT2D eigenvalue weighted by molar-refractivity contribution is -0.199. The minimum atomic E-state index is -0.708. The first-order valence-electron chi connectivity index (χ1n) is 7.37. The van der Waals surface area contributed by atoms with E-state index in [0.29, 0.717) is 5.65 Å². The first-order valence-corrected chi connectivity index (χ1v) is 8.60. The molecule has 124 valence electrons. The van der Waals surface area contributed by atoms with Crippen molar-refractivity contribution in [3.05, 3.63) is 12.7 Å². The van der Waals surface area contributed by atoms with Crippen molar-refractivity contribution in [1.82, 2.24) is 19.5 Å². The van der Waals surface area contributed by atoms with Crippen LogP contribution in [-0.2, 0) is 14.2 Å². The van der Waals surface area contributed by atoms with Crippen LogP contribution in [0.25, 0.3) is 11.2 Å². The van der Waals surface area contributed by atoms with Crippen molar-refractivity contribution in [3.63, 3.8) is 0 Å².